The molecule has 134 valence electrons. The minimum absolute atomic E-state index is 0.0102. The van der Waals surface area contributed by atoms with Crippen LogP contribution in [0.15, 0.2) is 41.3 Å². The topological polar surface area (TPSA) is 89.7 Å². The molecule has 0 saturated heterocycles. The van der Waals surface area contributed by atoms with Gasteiger partial charge >= 0.3 is 5.97 Å². The van der Waals surface area contributed by atoms with E-state index in [2.05, 4.69) is 0 Å². The number of nitrogens with two attached hydrogens (primary N) is 1. The number of carbonyl (C=O) groups excluding carboxylic acids is 1. The molecule has 0 radical (unpaired) electrons. The van der Waals surface area contributed by atoms with Crippen molar-refractivity contribution in [3.63, 3.8) is 0 Å². The smallest absolute Gasteiger partial charge is 0.340 e. The Bertz CT molecular complexity index is 898. The molecular weight excluding hydrogens is 371 g/mol. The zero-order valence-electron chi connectivity index (χ0n) is 13.5. The van der Waals surface area contributed by atoms with Crippen LogP contribution < -0.4 is 10.0 Å². The van der Waals surface area contributed by atoms with E-state index in [1.807, 2.05) is 0 Å². The number of sulfonamides is 1. The monoisotopic (exact) mass is 386 g/mol. The quantitative estimate of drug-likeness (QED) is 0.797. The van der Waals surface area contributed by atoms with Crippen LogP contribution in [-0.4, -0.2) is 28.5 Å². The van der Waals surface area contributed by atoms with Crippen LogP contribution in [0.3, 0.4) is 0 Å². The van der Waals surface area contributed by atoms with Gasteiger partial charge in [-0.1, -0.05) is 17.7 Å². The molecule has 9 heteroatoms. The number of esters is 1. The first-order valence-corrected chi connectivity index (χ1v) is 8.96. The van der Waals surface area contributed by atoms with Gasteiger partial charge in [0, 0.05) is 24.2 Å². The van der Waals surface area contributed by atoms with Gasteiger partial charge in [-0.25, -0.2) is 22.7 Å². The summed E-state index contributed by atoms with van der Waals surface area (Å²) in [7, 11) is -1.21. The molecule has 0 aliphatic heterocycles. The molecule has 0 amide bonds. The fourth-order valence-corrected chi connectivity index (χ4v) is 3.07. The third-order valence-electron chi connectivity index (χ3n) is 3.57. The molecule has 0 fully saturated rings. The second-order valence-corrected chi connectivity index (χ2v) is 7.24. The van der Waals surface area contributed by atoms with Crippen LogP contribution in [0.5, 0.6) is 0 Å². The molecule has 0 unspecified atom stereocenters. The lowest BCUT2D eigenvalue weighted by Crippen LogP contribution is -2.22. The van der Waals surface area contributed by atoms with Gasteiger partial charge in [-0.3, -0.25) is 0 Å². The standard InChI is InChI=1S/C16H16ClFN2O4S/c1-20(9-12-13(17)4-3-5-14(12)18)15-7-6-10(25(19,22)23)8-11(15)16(21)24-2/h3-8H,9H2,1-2H3,(H2,19,22,23). The Balaban J connectivity index is 2.48. The number of ether oxygens (including phenoxy) is 1. The van der Waals surface area contributed by atoms with Crippen LogP contribution >= 0.6 is 11.6 Å². The van der Waals surface area contributed by atoms with E-state index in [-0.39, 0.29) is 27.6 Å². The summed E-state index contributed by atoms with van der Waals surface area (Å²) in [5, 5.41) is 5.34. The van der Waals surface area contributed by atoms with Crippen LogP contribution in [-0.2, 0) is 21.3 Å². The Morgan fingerprint density at radius 2 is 2.00 bits per heavy atom. The van der Waals surface area contributed by atoms with Crippen molar-refractivity contribution in [2.45, 2.75) is 11.4 Å². The second kappa shape index (κ2) is 7.38. The van der Waals surface area contributed by atoms with Gasteiger partial charge in [0.2, 0.25) is 10.0 Å². The van der Waals surface area contributed by atoms with Crippen molar-refractivity contribution in [3.05, 3.63) is 58.4 Å². The summed E-state index contributed by atoms with van der Waals surface area (Å²) in [4.78, 5) is 13.4. The number of halogens is 2. The normalized spacial score (nSPS) is 11.2. The Kier molecular flexibility index (Phi) is 5.66. The van der Waals surface area contributed by atoms with E-state index in [0.717, 1.165) is 6.07 Å². The van der Waals surface area contributed by atoms with E-state index in [1.54, 1.807) is 18.0 Å². The second-order valence-electron chi connectivity index (χ2n) is 5.27. The van der Waals surface area contributed by atoms with Gasteiger partial charge in [0.25, 0.3) is 0 Å². The summed E-state index contributed by atoms with van der Waals surface area (Å²) in [5.41, 5.74) is 0.584. The Hall–Kier alpha value is -2.16. The van der Waals surface area contributed by atoms with Crippen LogP contribution in [0.2, 0.25) is 5.02 Å². The lowest BCUT2D eigenvalue weighted by molar-refractivity contribution is 0.0601. The highest BCUT2D eigenvalue weighted by Gasteiger charge is 2.20. The van der Waals surface area contributed by atoms with Crippen molar-refractivity contribution in [3.8, 4) is 0 Å². The first-order chi connectivity index (χ1) is 11.6. The van der Waals surface area contributed by atoms with E-state index in [9.17, 15) is 17.6 Å². The zero-order chi connectivity index (χ0) is 18.8. The summed E-state index contributed by atoms with van der Waals surface area (Å²) in [5.74, 6) is -1.23. The zero-order valence-corrected chi connectivity index (χ0v) is 15.1. The van der Waals surface area contributed by atoms with Crippen LogP contribution in [0.1, 0.15) is 15.9 Å². The van der Waals surface area contributed by atoms with Crippen molar-refractivity contribution >= 4 is 33.3 Å². The molecule has 0 aliphatic carbocycles. The van der Waals surface area contributed by atoms with Crippen LogP contribution in [0.25, 0.3) is 0 Å². The molecule has 0 aromatic heterocycles. The summed E-state index contributed by atoms with van der Waals surface area (Å²) in [6.07, 6.45) is 0. The fourth-order valence-electron chi connectivity index (χ4n) is 2.30. The van der Waals surface area contributed by atoms with Gasteiger partial charge in [0.1, 0.15) is 5.82 Å². The van der Waals surface area contributed by atoms with Crippen molar-refractivity contribution in [1.82, 2.24) is 0 Å². The molecule has 2 aromatic rings. The predicted molar refractivity (Wildman–Crippen MR) is 92.7 cm³/mol. The van der Waals surface area contributed by atoms with Gasteiger partial charge in [0.15, 0.2) is 0 Å². The lowest BCUT2D eigenvalue weighted by atomic mass is 10.1. The van der Waals surface area contributed by atoms with Crippen molar-refractivity contribution in [1.29, 1.82) is 0 Å². The third kappa shape index (κ3) is 4.28. The first kappa shape index (κ1) is 19.2. The molecule has 2 rings (SSSR count). The number of methoxy groups -OCH3 is 1. The summed E-state index contributed by atoms with van der Waals surface area (Å²) in [6, 6.07) is 8.11. The molecule has 0 atom stereocenters. The molecule has 0 saturated carbocycles. The molecule has 6 nitrogen and oxygen atoms in total. The average Bonchev–Trinajstić information content (AvgIpc) is 2.56. The molecular formula is C16H16ClFN2O4S. The number of hydrogen-bond acceptors (Lipinski definition) is 5. The van der Waals surface area contributed by atoms with E-state index in [0.29, 0.717) is 5.69 Å². The SMILES string of the molecule is COC(=O)c1cc(S(N)(=O)=O)ccc1N(C)Cc1c(F)cccc1Cl. The predicted octanol–water partition coefficient (Wildman–Crippen LogP) is 2.55. The van der Waals surface area contributed by atoms with Crippen LogP contribution in [0, 0.1) is 5.82 Å². The van der Waals surface area contributed by atoms with Gasteiger partial charge in [-0.15, -0.1) is 0 Å². The number of hydrogen-bond donors (Lipinski definition) is 1. The Morgan fingerprint density at radius 1 is 1.32 bits per heavy atom. The van der Waals surface area contributed by atoms with E-state index in [4.69, 9.17) is 21.5 Å². The Labute approximate surface area is 150 Å². The lowest BCUT2D eigenvalue weighted by Gasteiger charge is -2.23. The molecule has 0 heterocycles. The summed E-state index contributed by atoms with van der Waals surface area (Å²) in [6.45, 7) is 0.0597. The number of nitrogens with zero attached hydrogens (tertiary/aromatic N) is 1. The number of primary sulfonamides is 1. The highest BCUT2D eigenvalue weighted by molar-refractivity contribution is 7.89. The number of carbonyl (C=O) groups is 1. The molecule has 0 aliphatic rings. The Morgan fingerprint density at radius 3 is 2.56 bits per heavy atom. The number of rotatable bonds is 5. The van der Waals surface area contributed by atoms with Crippen molar-refractivity contribution in [2.24, 2.45) is 5.14 Å². The highest BCUT2D eigenvalue weighted by atomic mass is 35.5. The molecule has 0 spiro atoms. The average molecular weight is 387 g/mol. The molecule has 2 aromatic carbocycles. The van der Waals surface area contributed by atoms with Gasteiger partial charge in [-0.05, 0) is 30.3 Å². The van der Waals surface area contributed by atoms with E-state index < -0.39 is 21.8 Å². The number of benzene rings is 2. The largest absolute Gasteiger partial charge is 0.465 e. The van der Waals surface area contributed by atoms with Gasteiger partial charge < -0.3 is 9.64 Å². The van der Waals surface area contributed by atoms with Crippen molar-refractivity contribution in [2.75, 3.05) is 19.1 Å². The van der Waals surface area contributed by atoms with Crippen LogP contribution in [0.4, 0.5) is 10.1 Å². The minimum atomic E-state index is -3.99. The molecule has 0 bridgehead atoms. The maximum absolute atomic E-state index is 14.0. The van der Waals surface area contributed by atoms with E-state index >= 15 is 0 Å². The maximum Gasteiger partial charge on any atom is 0.340 e. The molecule has 25 heavy (non-hydrogen) atoms. The van der Waals surface area contributed by atoms with Gasteiger partial charge in [-0.2, -0.15) is 0 Å². The fraction of sp³-hybridized carbons (Fsp3) is 0.188. The highest BCUT2D eigenvalue weighted by Crippen LogP contribution is 2.27. The maximum atomic E-state index is 14.0. The van der Waals surface area contributed by atoms with Crippen molar-refractivity contribution < 1.29 is 22.3 Å². The summed E-state index contributed by atoms with van der Waals surface area (Å²) < 4.78 is 41.7. The van der Waals surface area contributed by atoms with E-state index in [1.165, 1.54) is 31.4 Å². The first-order valence-electron chi connectivity index (χ1n) is 7.04. The minimum Gasteiger partial charge on any atom is -0.465 e. The third-order valence-corrected chi connectivity index (χ3v) is 4.84. The van der Waals surface area contributed by atoms with Gasteiger partial charge in [0.05, 0.1) is 23.3 Å². The number of anilines is 1. The molecule has 2 N–H and O–H groups in total. The summed E-state index contributed by atoms with van der Waals surface area (Å²) >= 11 is 6.02.